The number of amides is 1. The molecule has 4 atom stereocenters. The van der Waals surface area contributed by atoms with Crippen LogP contribution in [0.5, 0.6) is 0 Å². The average Bonchev–Trinajstić information content (AvgIpc) is 3.06. The molecule has 1 aromatic heterocycles. The fourth-order valence-electron chi connectivity index (χ4n) is 3.53. The molecule has 6 nitrogen and oxygen atoms in total. The molecule has 0 spiro atoms. The maximum atomic E-state index is 12.3. The highest BCUT2D eigenvalue weighted by molar-refractivity contribution is 6.29. The summed E-state index contributed by atoms with van der Waals surface area (Å²) in [5.41, 5.74) is 0.546. The predicted molar refractivity (Wildman–Crippen MR) is 78.7 cm³/mol. The zero-order valence-electron chi connectivity index (χ0n) is 12.3. The first-order chi connectivity index (χ1) is 10.6. The lowest BCUT2D eigenvalue weighted by atomic mass is 9.99. The number of hydrogen-bond donors (Lipinski definition) is 1. The van der Waals surface area contributed by atoms with Crippen molar-refractivity contribution in [3.8, 4) is 0 Å². The number of nitrogens with one attached hydrogen (secondary N) is 1. The van der Waals surface area contributed by atoms with Gasteiger partial charge in [0.05, 0.1) is 24.8 Å². The van der Waals surface area contributed by atoms with Crippen LogP contribution in [0.2, 0.25) is 5.15 Å². The van der Waals surface area contributed by atoms with E-state index in [9.17, 15) is 9.59 Å². The van der Waals surface area contributed by atoms with Gasteiger partial charge in [-0.05, 0) is 31.6 Å². The van der Waals surface area contributed by atoms with Gasteiger partial charge in [0, 0.05) is 18.3 Å². The minimum Gasteiger partial charge on any atom is -0.466 e. The second-order valence-corrected chi connectivity index (χ2v) is 6.07. The predicted octanol–water partition coefficient (Wildman–Crippen LogP) is 1.58. The third-order valence-electron chi connectivity index (χ3n) is 4.55. The van der Waals surface area contributed by atoms with Crippen LogP contribution in [-0.2, 0) is 20.9 Å². The van der Waals surface area contributed by atoms with Crippen molar-refractivity contribution in [2.75, 3.05) is 6.61 Å². The lowest BCUT2D eigenvalue weighted by molar-refractivity contribution is -0.145. The molecule has 0 aliphatic heterocycles. The Labute approximate surface area is 133 Å². The van der Waals surface area contributed by atoms with Crippen molar-refractivity contribution in [2.45, 2.75) is 26.3 Å². The molecule has 0 saturated heterocycles. The zero-order valence-corrected chi connectivity index (χ0v) is 13.0. The van der Waals surface area contributed by atoms with Crippen LogP contribution < -0.4 is 5.32 Å². The van der Waals surface area contributed by atoms with Crippen LogP contribution >= 0.6 is 11.6 Å². The van der Waals surface area contributed by atoms with Gasteiger partial charge in [0.1, 0.15) is 0 Å². The maximum absolute atomic E-state index is 12.3. The van der Waals surface area contributed by atoms with Crippen molar-refractivity contribution in [2.24, 2.45) is 23.7 Å². The summed E-state index contributed by atoms with van der Waals surface area (Å²) in [6.45, 7) is 2.44. The Kier molecular flexibility index (Phi) is 4.29. The fourth-order valence-corrected chi connectivity index (χ4v) is 3.70. The quantitative estimate of drug-likeness (QED) is 0.832. The van der Waals surface area contributed by atoms with Crippen molar-refractivity contribution in [1.29, 1.82) is 0 Å². The molecule has 118 valence electrons. The molecular formula is C15H18ClN3O3. The highest BCUT2D eigenvalue weighted by Crippen LogP contribution is 2.60. The van der Waals surface area contributed by atoms with Crippen molar-refractivity contribution in [3.05, 3.63) is 23.2 Å². The molecule has 1 heterocycles. The summed E-state index contributed by atoms with van der Waals surface area (Å²) < 4.78 is 5.07. The third kappa shape index (κ3) is 2.79. The Hall–Kier alpha value is -1.69. The summed E-state index contributed by atoms with van der Waals surface area (Å²) >= 11 is 5.92. The van der Waals surface area contributed by atoms with Crippen LogP contribution in [0.1, 0.15) is 25.5 Å². The molecule has 1 amide bonds. The van der Waals surface area contributed by atoms with Crippen LogP contribution in [-0.4, -0.2) is 28.5 Å². The van der Waals surface area contributed by atoms with E-state index in [1.165, 1.54) is 12.4 Å². The van der Waals surface area contributed by atoms with E-state index in [1.807, 2.05) is 0 Å². The van der Waals surface area contributed by atoms with Crippen molar-refractivity contribution >= 4 is 23.5 Å². The Morgan fingerprint density at radius 1 is 1.36 bits per heavy atom. The molecule has 1 aromatic rings. The number of esters is 1. The fraction of sp³-hybridized carbons (Fsp3) is 0.600. The Morgan fingerprint density at radius 2 is 2.14 bits per heavy atom. The van der Waals surface area contributed by atoms with Gasteiger partial charge < -0.3 is 10.1 Å². The molecule has 2 aliphatic rings. The summed E-state index contributed by atoms with van der Waals surface area (Å²) in [5.74, 6) is 0.0404. The van der Waals surface area contributed by atoms with E-state index < -0.39 is 0 Å². The van der Waals surface area contributed by atoms with Crippen molar-refractivity contribution in [3.63, 3.8) is 0 Å². The molecule has 2 saturated carbocycles. The monoisotopic (exact) mass is 323 g/mol. The first-order valence-electron chi connectivity index (χ1n) is 7.53. The van der Waals surface area contributed by atoms with Gasteiger partial charge in [-0.1, -0.05) is 11.6 Å². The van der Waals surface area contributed by atoms with Crippen molar-refractivity contribution < 1.29 is 14.3 Å². The number of nitrogens with zero attached hydrogens (tertiary/aromatic N) is 2. The summed E-state index contributed by atoms with van der Waals surface area (Å²) in [5, 5.41) is 3.15. The lowest BCUT2D eigenvalue weighted by Crippen LogP contribution is -2.32. The zero-order chi connectivity index (χ0) is 15.7. The Balaban J connectivity index is 1.55. The molecule has 2 fully saturated rings. The van der Waals surface area contributed by atoms with Gasteiger partial charge in [-0.15, -0.1) is 0 Å². The molecule has 1 N–H and O–H groups in total. The number of halogens is 1. The number of ether oxygens (including phenoxy) is 1. The Morgan fingerprint density at radius 3 is 2.86 bits per heavy atom. The minimum absolute atomic E-state index is 0.0407. The van der Waals surface area contributed by atoms with E-state index in [2.05, 4.69) is 15.3 Å². The van der Waals surface area contributed by atoms with E-state index in [0.29, 0.717) is 23.4 Å². The normalized spacial score (nSPS) is 28.8. The molecule has 22 heavy (non-hydrogen) atoms. The molecule has 0 radical (unpaired) electrons. The van der Waals surface area contributed by atoms with Crippen LogP contribution in [0.25, 0.3) is 0 Å². The highest BCUT2D eigenvalue weighted by atomic mass is 35.5. The van der Waals surface area contributed by atoms with E-state index in [-0.39, 0.29) is 36.2 Å². The number of carbonyl (C=O) groups is 2. The first kappa shape index (κ1) is 15.2. The molecule has 7 heteroatoms. The summed E-state index contributed by atoms with van der Waals surface area (Å²) in [6.07, 6.45) is 4.78. The van der Waals surface area contributed by atoms with E-state index in [4.69, 9.17) is 16.3 Å². The average molecular weight is 324 g/mol. The number of aromatic nitrogens is 2. The van der Waals surface area contributed by atoms with Crippen molar-refractivity contribution in [1.82, 2.24) is 15.3 Å². The molecule has 0 bridgehead atoms. The number of hydrogen-bond acceptors (Lipinski definition) is 5. The molecular weight excluding hydrogens is 306 g/mol. The summed E-state index contributed by atoms with van der Waals surface area (Å²) in [7, 11) is 0. The minimum atomic E-state index is -0.160. The summed E-state index contributed by atoms with van der Waals surface area (Å²) in [6, 6.07) is 0. The van der Waals surface area contributed by atoms with Crippen LogP contribution in [0.15, 0.2) is 12.4 Å². The maximum Gasteiger partial charge on any atom is 0.309 e. The Bertz CT molecular complexity index is 595. The van der Waals surface area contributed by atoms with E-state index in [1.54, 1.807) is 6.92 Å². The van der Waals surface area contributed by atoms with Gasteiger partial charge in [0.15, 0.2) is 5.15 Å². The number of rotatable bonds is 5. The van der Waals surface area contributed by atoms with Gasteiger partial charge in [-0.3, -0.25) is 14.6 Å². The molecule has 3 rings (SSSR count). The van der Waals surface area contributed by atoms with E-state index in [0.717, 1.165) is 12.8 Å². The SMILES string of the molecule is CCOC(=O)C1C2CCC(C(=O)NCc3nccnc3Cl)C21. The molecule has 0 aromatic carbocycles. The van der Waals surface area contributed by atoms with Gasteiger partial charge in [-0.25, -0.2) is 4.98 Å². The molecule has 2 aliphatic carbocycles. The topological polar surface area (TPSA) is 81.2 Å². The standard InChI is InChI=1S/C15H18ClN3O3/c1-2-22-15(21)12-8-3-4-9(11(8)12)14(20)19-7-10-13(16)18-6-5-17-10/h5-6,8-9,11-12H,2-4,7H2,1H3,(H,19,20). The summed E-state index contributed by atoms with van der Waals surface area (Å²) in [4.78, 5) is 32.2. The number of carbonyl (C=O) groups excluding carboxylic acids is 2. The van der Waals surface area contributed by atoms with Crippen LogP contribution in [0.4, 0.5) is 0 Å². The first-order valence-corrected chi connectivity index (χ1v) is 7.91. The van der Waals surface area contributed by atoms with Crippen LogP contribution in [0.3, 0.4) is 0 Å². The largest absolute Gasteiger partial charge is 0.466 e. The van der Waals surface area contributed by atoms with Gasteiger partial charge in [0.25, 0.3) is 0 Å². The second-order valence-electron chi connectivity index (χ2n) is 5.71. The second kappa shape index (κ2) is 6.20. The van der Waals surface area contributed by atoms with Gasteiger partial charge in [-0.2, -0.15) is 0 Å². The van der Waals surface area contributed by atoms with Crippen LogP contribution in [0, 0.1) is 23.7 Å². The smallest absolute Gasteiger partial charge is 0.309 e. The third-order valence-corrected chi connectivity index (χ3v) is 4.87. The number of fused-ring (bicyclic) bond motifs is 1. The molecule has 4 unspecified atom stereocenters. The van der Waals surface area contributed by atoms with E-state index >= 15 is 0 Å². The highest BCUT2D eigenvalue weighted by Gasteiger charge is 2.63. The lowest BCUT2D eigenvalue weighted by Gasteiger charge is -2.14. The van der Waals surface area contributed by atoms with Gasteiger partial charge in [0.2, 0.25) is 5.91 Å². The van der Waals surface area contributed by atoms with Gasteiger partial charge >= 0.3 is 5.97 Å².